The molecule has 3 rings (SSSR count). The molecule has 0 aliphatic carbocycles. The molecule has 0 amide bonds. The summed E-state index contributed by atoms with van der Waals surface area (Å²) < 4.78 is 5.99. The Hall–Kier alpha value is -1.65. The summed E-state index contributed by atoms with van der Waals surface area (Å²) in [5.41, 5.74) is 0.840. The van der Waals surface area contributed by atoms with Crippen molar-refractivity contribution in [2.45, 2.75) is 31.9 Å². The third kappa shape index (κ3) is 3.01. The topological polar surface area (TPSA) is 45.6 Å². The van der Waals surface area contributed by atoms with Crippen LogP contribution in [0.1, 0.15) is 24.8 Å². The van der Waals surface area contributed by atoms with Gasteiger partial charge in [0, 0.05) is 23.2 Å². The van der Waals surface area contributed by atoms with Gasteiger partial charge < -0.3 is 14.7 Å². The number of benzene rings is 1. The molecule has 0 spiro atoms. The predicted molar refractivity (Wildman–Crippen MR) is 83.4 cm³/mol. The Morgan fingerprint density at radius 2 is 2.10 bits per heavy atom. The highest BCUT2D eigenvalue weighted by Gasteiger charge is 2.20. The van der Waals surface area contributed by atoms with Crippen LogP contribution in [0.5, 0.6) is 5.88 Å². The van der Waals surface area contributed by atoms with Crippen molar-refractivity contribution in [2.24, 2.45) is 0 Å². The van der Waals surface area contributed by atoms with Crippen molar-refractivity contribution in [3.63, 3.8) is 0 Å². The number of ether oxygens (including phenoxy) is 1. The fourth-order valence-corrected chi connectivity index (χ4v) is 3.00. The number of likely N-dealkylation sites (tertiary alicyclic amines) is 1. The first-order chi connectivity index (χ1) is 10.3. The Bertz CT molecular complexity index is 615. The minimum absolute atomic E-state index is 0.000837. The Balaban J connectivity index is 1.81. The zero-order chi connectivity index (χ0) is 14.7. The third-order valence-corrected chi connectivity index (χ3v) is 4.35. The van der Waals surface area contributed by atoms with Crippen LogP contribution in [-0.2, 0) is 6.61 Å². The van der Waals surface area contributed by atoms with E-state index in [1.807, 2.05) is 24.3 Å². The lowest BCUT2D eigenvalue weighted by atomic mass is 10.0. The molecule has 2 heterocycles. The van der Waals surface area contributed by atoms with Crippen LogP contribution in [-0.4, -0.2) is 41.2 Å². The highest BCUT2D eigenvalue weighted by Crippen LogP contribution is 2.27. The quantitative estimate of drug-likeness (QED) is 0.938. The first-order valence-corrected chi connectivity index (χ1v) is 7.60. The lowest BCUT2D eigenvalue weighted by Crippen LogP contribution is -2.40. The average Bonchev–Trinajstić information content (AvgIpc) is 2.54. The second-order valence-corrected chi connectivity index (χ2v) is 5.73. The zero-order valence-electron chi connectivity index (χ0n) is 12.5. The first kappa shape index (κ1) is 14.3. The number of aliphatic hydroxyl groups is 1. The smallest absolute Gasteiger partial charge is 0.221 e. The van der Waals surface area contributed by atoms with Gasteiger partial charge in [-0.05, 0) is 37.9 Å². The van der Waals surface area contributed by atoms with Crippen LogP contribution in [0.4, 0.5) is 0 Å². The lowest BCUT2D eigenvalue weighted by Gasteiger charge is -2.32. The van der Waals surface area contributed by atoms with Crippen molar-refractivity contribution >= 4 is 10.8 Å². The van der Waals surface area contributed by atoms with E-state index in [1.54, 1.807) is 6.20 Å². The van der Waals surface area contributed by atoms with Gasteiger partial charge in [-0.2, -0.15) is 0 Å². The van der Waals surface area contributed by atoms with E-state index in [-0.39, 0.29) is 6.61 Å². The molecule has 112 valence electrons. The minimum Gasteiger partial charge on any atom is -0.476 e. The number of rotatable bonds is 4. The summed E-state index contributed by atoms with van der Waals surface area (Å²) in [6, 6.07) is 8.42. The van der Waals surface area contributed by atoms with E-state index in [1.165, 1.54) is 19.3 Å². The van der Waals surface area contributed by atoms with E-state index in [9.17, 15) is 5.11 Å². The highest BCUT2D eigenvalue weighted by atomic mass is 16.5. The summed E-state index contributed by atoms with van der Waals surface area (Å²) in [5.74, 6) is 0.668. The van der Waals surface area contributed by atoms with E-state index in [0.717, 1.165) is 22.9 Å². The molecular formula is C17H22N2O2. The zero-order valence-corrected chi connectivity index (χ0v) is 12.5. The molecule has 1 atom stereocenters. The van der Waals surface area contributed by atoms with Crippen molar-refractivity contribution in [3.8, 4) is 5.88 Å². The van der Waals surface area contributed by atoms with Gasteiger partial charge in [0.2, 0.25) is 5.88 Å². The van der Waals surface area contributed by atoms with Crippen molar-refractivity contribution in [2.75, 3.05) is 20.2 Å². The summed E-state index contributed by atoms with van der Waals surface area (Å²) in [7, 11) is 2.16. The fraction of sp³-hybridized carbons (Fsp3) is 0.471. The number of aromatic nitrogens is 1. The molecule has 1 aliphatic heterocycles. The molecule has 0 bridgehead atoms. The van der Waals surface area contributed by atoms with E-state index in [0.29, 0.717) is 18.5 Å². The number of nitrogens with zero attached hydrogens (tertiary/aromatic N) is 2. The van der Waals surface area contributed by atoms with E-state index in [4.69, 9.17) is 4.74 Å². The van der Waals surface area contributed by atoms with Gasteiger partial charge in [-0.3, -0.25) is 0 Å². The van der Waals surface area contributed by atoms with Gasteiger partial charge in [0.15, 0.2) is 0 Å². The number of likely N-dealkylation sites (N-methyl/N-ethyl adjacent to an activating group) is 1. The molecule has 1 aliphatic rings. The molecule has 1 saturated heterocycles. The Labute approximate surface area is 125 Å². The molecule has 1 N–H and O–H groups in total. The standard InChI is InChI=1S/C17H22N2O2/c1-19-9-5-4-6-14(19)12-21-17-16-8-3-2-7-15(16)13(11-20)10-18-17/h2-3,7-8,10,14,20H,4-6,9,11-12H2,1H3. The second kappa shape index (κ2) is 6.41. The number of hydrogen-bond donors (Lipinski definition) is 1. The minimum atomic E-state index is -0.000837. The van der Waals surface area contributed by atoms with Gasteiger partial charge >= 0.3 is 0 Å². The molecule has 0 radical (unpaired) electrons. The Morgan fingerprint density at radius 3 is 2.86 bits per heavy atom. The van der Waals surface area contributed by atoms with E-state index >= 15 is 0 Å². The summed E-state index contributed by atoms with van der Waals surface area (Å²) in [5, 5.41) is 11.4. The molecule has 1 unspecified atom stereocenters. The van der Waals surface area contributed by atoms with E-state index in [2.05, 4.69) is 16.9 Å². The van der Waals surface area contributed by atoms with Crippen LogP contribution < -0.4 is 4.74 Å². The summed E-state index contributed by atoms with van der Waals surface area (Å²) >= 11 is 0. The fourth-order valence-electron chi connectivity index (χ4n) is 3.00. The van der Waals surface area contributed by atoms with Gasteiger partial charge in [0.25, 0.3) is 0 Å². The van der Waals surface area contributed by atoms with Crippen molar-refractivity contribution in [3.05, 3.63) is 36.0 Å². The van der Waals surface area contributed by atoms with Gasteiger partial charge in [0.05, 0.1) is 6.61 Å². The van der Waals surface area contributed by atoms with Crippen LogP contribution in [0.2, 0.25) is 0 Å². The van der Waals surface area contributed by atoms with Crippen LogP contribution in [0, 0.1) is 0 Å². The Kier molecular flexibility index (Phi) is 4.36. The molecule has 21 heavy (non-hydrogen) atoms. The molecule has 0 saturated carbocycles. The summed E-state index contributed by atoms with van der Waals surface area (Å²) in [6.45, 7) is 1.82. The van der Waals surface area contributed by atoms with Gasteiger partial charge in [-0.1, -0.05) is 24.6 Å². The van der Waals surface area contributed by atoms with Crippen LogP contribution in [0.25, 0.3) is 10.8 Å². The number of hydrogen-bond acceptors (Lipinski definition) is 4. The maximum atomic E-state index is 9.41. The number of aliphatic hydroxyl groups excluding tert-OH is 1. The number of pyridine rings is 1. The largest absolute Gasteiger partial charge is 0.476 e. The van der Waals surface area contributed by atoms with Gasteiger partial charge in [-0.15, -0.1) is 0 Å². The molecule has 1 aromatic carbocycles. The van der Waals surface area contributed by atoms with E-state index < -0.39 is 0 Å². The molecule has 4 nitrogen and oxygen atoms in total. The summed E-state index contributed by atoms with van der Waals surface area (Å²) in [6.07, 6.45) is 5.45. The third-order valence-electron chi connectivity index (χ3n) is 4.35. The van der Waals surface area contributed by atoms with Crippen LogP contribution >= 0.6 is 0 Å². The van der Waals surface area contributed by atoms with Gasteiger partial charge in [-0.25, -0.2) is 4.98 Å². The van der Waals surface area contributed by atoms with Crippen molar-refractivity contribution in [1.82, 2.24) is 9.88 Å². The van der Waals surface area contributed by atoms with Crippen molar-refractivity contribution in [1.29, 1.82) is 0 Å². The molecular weight excluding hydrogens is 264 g/mol. The highest BCUT2D eigenvalue weighted by molar-refractivity contribution is 5.89. The van der Waals surface area contributed by atoms with Gasteiger partial charge in [0.1, 0.15) is 6.61 Å². The lowest BCUT2D eigenvalue weighted by molar-refractivity contribution is 0.123. The molecule has 2 aromatic rings. The average molecular weight is 286 g/mol. The van der Waals surface area contributed by atoms with Crippen molar-refractivity contribution < 1.29 is 9.84 Å². The normalized spacial score (nSPS) is 19.8. The summed E-state index contributed by atoms with van der Waals surface area (Å²) in [4.78, 5) is 6.76. The first-order valence-electron chi connectivity index (χ1n) is 7.60. The Morgan fingerprint density at radius 1 is 1.29 bits per heavy atom. The second-order valence-electron chi connectivity index (χ2n) is 5.73. The molecule has 1 aromatic heterocycles. The molecule has 4 heteroatoms. The maximum absolute atomic E-state index is 9.41. The predicted octanol–water partition coefficient (Wildman–Crippen LogP) is 2.59. The number of piperidine rings is 1. The SMILES string of the molecule is CN1CCCCC1COc1ncc(CO)c2ccccc12. The van der Waals surface area contributed by atoms with Crippen LogP contribution in [0.15, 0.2) is 30.5 Å². The monoisotopic (exact) mass is 286 g/mol. The molecule has 1 fully saturated rings. The maximum Gasteiger partial charge on any atom is 0.221 e. The number of fused-ring (bicyclic) bond motifs is 1. The van der Waals surface area contributed by atoms with Crippen LogP contribution in [0.3, 0.4) is 0 Å².